The van der Waals surface area contributed by atoms with Crippen LogP contribution in [0.1, 0.15) is 54.4 Å². The second kappa shape index (κ2) is 23.0. The number of hydrogen-bond acceptors (Lipinski definition) is 6. The van der Waals surface area contributed by atoms with Crippen molar-refractivity contribution in [1.29, 1.82) is 0 Å². The van der Waals surface area contributed by atoms with Crippen LogP contribution in [0.4, 0.5) is 0 Å². The molecule has 0 aromatic carbocycles. The largest absolute Gasteiger partial charge is 2.00 e. The molecule has 27 heavy (non-hydrogen) atoms. The minimum atomic E-state index is -0.167. The number of nitrogens with zero attached hydrogens (tertiary/aromatic N) is 2. The van der Waals surface area contributed by atoms with Crippen molar-refractivity contribution in [3.8, 4) is 0 Å². The van der Waals surface area contributed by atoms with Gasteiger partial charge in [-0.15, -0.1) is 0 Å². The van der Waals surface area contributed by atoms with Crippen LogP contribution in [0.25, 0.3) is 0 Å². The molecular formula is C18H38N2O6Ti+2. The van der Waals surface area contributed by atoms with Gasteiger partial charge in [-0.1, -0.05) is 0 Å². The summed E-state index contributed by atoms with van der Waals surface area (Å²) in [6, 6.07) is 0. The Labute approximate surface area is 179 Å². The number of ketones is 2. The molecule has 0 aliphatic rings. The standard InChI is InChI=1S/2C6H11NO2.2C3H8O.Ti/c2*1-5(8)4-6(9)7(2)3;2*1-3(2)4;/h2*4H2,1-3H3;2*3-4H,1-2H3;/q;;;;+2. The molecule has 0 unspecified atom stereocenters. The maximum atomic E-state index is 10.7. The van der Waals surface area contributed by atoms with Gasteiger partial charge in [0, 0.05) is 40.4 Å². The Bertz CT molecular complexity index is 367. The molecule has 0 aromatic heterocycles. The molecule has 0 bridgehead atoms. The van der Waals surface area contributed by atoms with E-state index in [9.17, 15) is 19.2 Å². The van der Waals surface area contributed by atoms with Crippen molar-refractivity contribution in [2.75, 3.05) is 28.2 Å². The molecule has 0 aliphatic carbocycles. The second-order valence-electron chi connectivity index (χ2n) is 6.52. The number of carbonyl (C=O) groups excluding carboxylic acids is 4. The van der Waals surface area contributed by atoms with E-state index in [4.69, 9.17) is 10.2 Å². The Kier molecular flexibility index (Phi) is 31.3. The van der Waals surface area contributed by atoms with Gasteiger partial charge in [0.2, 0.25) is 11.8 Å². The van der Waals surface area contributed by atoms with E-state index in [0.717, 1.165) is 0 Å². The van der Waals surface area contributed by atoms with Crippen molar-refractivity contribution >= 4 is 23.4 Å². The maximum absolute atomic E-state index is 10.7. The fraction of sp³-hybridized carbons (Fsp3) is 0.778. The second-order valence-corrected chi connectivity index (χ2v) is 6.52. The first-order chi connectivity index (χ1) is 11.5. The van der Waals surface area contributed by atoms with Gasteiger partial charge < -0.3 is 20.0 Å². The van der Waals surface area contributed by atoms with Gasteiger partial charge in [-0.25, -0.2) is 0 Å². The number of rotatable bonds is 4. The smallest absolute Gasteiger partial charge is 0.394 e. The molecule has 0 rings (SSSR count). The first-order valence-electron chi connectivity index (χ1n) is 8.29. The van der Waals surface area contributed by atoms with E-state index < -0.39 is 0 Å². The summed E-state index contributed by atoms with van der Waals surface area (Å²) in [5, 5.41) is 16.1. The molecule has 8 nitrogen and oxygen atoms in total. The average molecular weight is 426 g/mol. The Morgan fingerprint density at radius 3 is 0.852 bits per heavy atom. The number of aliphatic hydroxyl groups is 2. The van der Waals surface area contributed by atoms with Crippen LogP contribution in [0.15, 0.2) is 0 Å². The van der Waals surface area contributed by atoms with Crippen LogP contribution in [0.2, 0.25) is 0 Å². The Balaban J connectivity index is -0.0000000843. The van der Waals surface area contributed by atoms with Crippen molar-refractivity contribution in [2.45, 2.75) is 66.6 Å². The summed E-state index contributed by atoms with van der Waals surface area (Å²) >= 11 is 0. The summed E-state index contributed by atoms with van der Waals surface area (Å²) in [6.45, 7) is 9.70. The molecular weight excluding hydrogens is 388 g/mol. The zero-order valence-electron chi connectivity index (χ0n) is 18.5. The molecule has 9 heteroatoms. The van der Waals surface area contributed by atoms with Crippen LogP contribution in [0.3, 0.4) is 0 Å². The van der Waals surface area contributed by atoms with Crippen LogP contribution in [0, 0.1) is 0 Å². The quantitative estimate of drug-likeness (QED) is 0.510. The molecule has 0 fully saturated rings. The van der Waals surface area contributed by atoms with E-state index in [1.807, 2.05) is 0 Å². The number of Topliss-reactive ketones (excluding diaryl/α,β-unsaturated/α-hetero) is 2. The van der Waals surface area contributed by atoms with Gasteiger partial charge in [0.1, 0.15) is 11.6 Å². The molecule has 2 amide bonds. The van der Waals surface area contributed by atoms with E-state index in [1.165, 1.54) is 23.6 Å². The zero-order valence-corrected chi connectivity index (χ0v) is 20.1. The summed E-state index contributed by atoms with van der Waals surface area (Å²) in [6.07, 6.45) is -0.292. The summed E-state index contributed by atoms with van der Waals surface area (Å²) in [7, 11) is 6.52. The van der Waals surface area contributed by atoms with Crippen LogP contribution in [0.5, 0.6) is 0 Å². The molecule has 0 aromatic rings. The van der Waals surface area contributed by atoms with Crippen molar-refractivity contribution in [1.82, 2.24) is 9.80 Å². The van der Waals surface area contributed by atoms with E-state index >= 15 is 0 Å². The third-order valence-corrected chi connectivity index (χ3v) is 1.80. The van der Waals surface area contributed by atoms with Crippen molar-refractivity contribution in [2.24, 2.45) is 0 Å². The third kappa shape index (κ3) is 58.8. The summed E-state index contributed by atoms with van der Waals surface area (Å²) < 4.78 is 0. The van der Waals surface area contributed by atoms with Gasteiger partial charge in [-0.05, 0) is 41.5 Å². The fourth-order valence-corrected chi connectivity index (χ4v) is 0.742. The maximum Gasteiger partial charge on any atom is 2.00 e. The first kappa shape index (κ1) is 36.8. The van der Waals surface area contributed by atoms with Crippen molar-refractivity contribution < 1.29 is 51.1 Å². The molecule has 0 aliphatic heterocycles. The van der Waals surface area contributed by atoms with E-state index in [1.54, 1.807) is 55.9 Å². The van der Waals surface area contributed by atoms with Gasteiger partial charge in [-0.3, -0.25) is 19.2 Å². The van der Waals surface area contributed by atoms with E-state index in [-0.39, 0.29) is 70.1 Å². The fourth-order valence-electron chi connectivity index (χ4n) is 0.742. The molecule has 2 N–H and O–H groups in total. The van der Waals surface area contributed by atoms with Crippen LogP contribution >= 0.6 is 0 Å². The first-order valence-corrected chi connectivity index (χ1v) is 8.29. The van der Waals surface area contributed by atoms with E-state index in [2.05, 4.69) is 0 Å². The molecule has 0 saturated heterocycles. The summed E-state index contributed by atoms with van der Waals surface area (Å²) in [4.78, 5) is 44.7. The van der Waals surface area contributed by atoms with Crippen LogP contribution in [-0.2, 0) is 40.9 Å². The SMILES string of the molecule is CC(=O)CC(=O)N(C)C.CC(=O)CC(=O)N(C)C.CC(C)O.CC(C)O.[Ti+2]. The van der Waals surface area contributed by atoms with Crippen LogP contribution in [-0.4, -0.2) is 83.8 Å². The Hall–Kier alpha value is -1.09. The molecule has 158 valence electrons. The Morgan fingerprint density at radius 2 is 0.815 bits per heavy atom. The average Bonchev–Trinajstić information content (AvgIpc) is 2.36. The summed E-state index contributed by atoms with van der Waals surface area (Å²) in [5.41, 5.74) is 0. The minimum absolute atomic E-state index is 0. The predicted octanol–water partition coefficient (Wildman–Crippen LogP) is 0.879. The van der Waals surface area contributed by atoms with Gasteiger partial charge in [0.05, 0.1) is 12.8 Å². The Morgan fingerprint density at radius 1 is 0.667 bits per heavy atom. The molecule has 0 spiro atoms. The molecule has 0 atom stereocenters. The normalized spacial score (nSPS) is 8.52. The molecule has 0 heterocycles. The molecule has 0 saturated carbocycles. The minimum Gasteiger partial charge on any atom is -0.394 e. The molecule has 0 radical (unpaired) electrons. The third-order valence-electron chi connectivity index (χ3n) is 1.80. The van der Waals surface area contributed by atoms with Gasteiger partial charge >= 0.3 is 21.7 Å². The van der Waals surface area contributed by atoms with Crippen LogP contribution < -0.4 is 0 Å². The van der Waals surface area contributed by atoms with Gasteiger partial charge in [-0.2, -0.15) is 0 Å². The predicted molar refractivity (Wildman–Crippen MR) is 103 cm³/mol. The number of amides is 2. The topological polar surface area (TPSA) is 115 Å². The number of hydrogen-bond donors (Lipinski definition) is 2. The summed E-state index contributed by atoms with van der Waals surface area (Å²) in [5.74, 6) is -0.451. The van der Waals surface area contributed by atoms with E-state index in [0.29, 0.717) is 0 Å². The van der Waals surface area contributed by atoms with Gasteiger partial charge in [0.15, 0.2) is 0 Å². The number of carbonyl (C=O) groups is 4. The van der Waals surface area contributed by atoms with Gasteiger partial charge in [0.25, 0.3) is 0 Å². The van der Waals surface area contributed by atoms with Crippen molar-refractivity contribution in [3.05, 3.63) is 0 Å². The monoisotopic (exact) mass is 426 g/mol. The zero-order chi connectivity index (χ0) is 22.0. The van der Waals surface area contributed by atoms with Crippen molar-refractivity contribution in [3.63, 3.8) is 0 Å². The number of aliphatic hydroxyl groups excluding tert-OH is 2.